The van der Waals surface area contributed by atoms with Gasteiger partial charge in [-0.05, 0) is 47.9 Å². The normalized spacial score (nSPS) is 20.3. The third kappa shape index (κ3) is 4.86. The number of Topliss-reactive ketones (excluding diaryl/α,β-unsaturated/α-hetero) is 1. The monoisotopic (exact) mass is 536 g/mol. The zero-order valence-electron chi connectivity index (χ0n) is 20.8. The summed E-state index contributed by atoms with van der Waals surface area (Å²) in [6.45, 7) is 1.78. The summed E-state index contributed by atoms with van der Waals surface area (Å²) in [5.41, 5.74) is 0. The van der Waals surface area contributed by atoms with Crippen molar-refractivity contribution in [2.75, 3.05) is 13.1 Å². The second kappa shape index (κ2) is 10.5. The van der Waals surface area contributed by atoms with Gasteiger partial charge in [-0.25, -0.2) is 13.2 Å². The minimum atomic E-state index is -3.95. The lowest BCUT2D eigenvalue weighted by atomic mass is 10.1. The molecule has 11 heteroatoms. The largest absolute Gasteiger partial charge is 0.413 e. The van der Waals surface area contributed by atoms with Crippen LogP contribution >= 0.6 is 0 Å². The maximum absolute atomic E-state index is 13.5. The predicted octanol–water partition coefficient (Wildman–Crippen LogP) is 2.74. The van der Waals surface area contributed by atoms with Crippen LogP contribution in [0.4, 0.5) is 4.79 Å². The molecule has 2 saturated heterocycles. The van der Waals surface area contributed by atoms with Gasteiger partial charge in [0.25, 0.3) is 0 Å². The molecule has 1 aromatic heterocycles. The van der Waals surface area contributed by atoms with E-state index < -0.39 is 40.1 Å². The Morgan fingerprint density at radius 1 is 1.13 bits per heavy atom. The molecule has 2 aliphatic heterocycles. The average Bonchev–Trinajstić information content (AvgIpc) is 3.50. The molecule has 2 aromatic carbocycles. The van der Waals surface area contributed by atoms with Crippen molar-refractivity contribution in [2.24, 2.45) is 0 Å². The van der Waals surface area contributed by atoms with Gasteiger partial charge in [-0.3, -0.25) is 14.6 Å². The highest BCUT2D eigenvalue weighted by Crippen LogP contribution is 2.34. The Balaban J connectivity index is 1.29. The molecule has 1 N–H and O–H groups in total. The van der Waals surface area contributed by atoms with E-state index in [1.54, 1.807) is 12.1 Å². The van der Waals surface area contributed by atoms with E-state index in [-0.39, 0.29) is 23.8 Å². The van der Waals surface area contributed by atoms with Gasteiger partial charge in [-0.2, -0.15) is 4.31 Å². The quantitative estimate of drug-likeness (QED) is 0.492. The van der Waals surface area contributed by atoms with Crippen LogP contribution in [-0.2, 0) is 19.6 Å². The number of pyridine rings is 1. The number of carbonyl (C=O) groups is 3. The van der Waals surface area contributed by atoms with Crippen molar-refractivity contribution in [3.63, 3.8) is 0 Å². The van der Waals surface area contributed by atoms with E-state index in [2.05, 4.69) is 10.3 Å². The number of hydrogen-bond acceptors (Lipinski definition) is 7. The number of likely N-dealkylation sites (tertiary alicyclic amines) is 1. The minimum Gasteiger partial charge on any atom is -0.410 e. The van der Waals surface area contributed by atoms with Gasteiger partial charge in [0, 0.05) is 18.9 Å². The van der Waals surface area contributed by atoms with Crippen molar-refractivity contribution in [1.29, 1.82) is 0 Å². The number of hydrogen-bond donors (Lipinski definition) is 1. The summed E-state index contributed by atoms with van der Waals surface area (Å²) in [6, 6.07) is 13.4. The lowest BCUT2D eigenvalue weighted by molar-refractivity contribution is -0.138. The third-order valence-electron chi connectivity index (χ3n) is 7.00. The Morgan fingerprint density at radius 2 is 1.92 bits per heavy atom. The van der Waals surface area contributed by atoms with E-state index in [1.807, 2.05) is 37.3 Å². The summed E-state index contributed by atoms with van der Waals surface area (Å²) in [5, 5.41) is 4.56. The highest BCUT2D eigenvalue weighted by molar-refractivity contribution is 7.89. The number of amides is 2. The highest BCUT2D eigenvalue weighted by atomic mass is 32.2. The van der Waals surface area contributed by atoms with Crippen LogP contribution in [-0.4, -0.2) is 71.6 Å². The zero-order chi connectivity index (χ0) is 26.9. The first-order valence-electron chi connectivity index (χ1n) is 12.5. The van der Waals surface area contributed by atoms with Gasteiger partial charge in [0.2, 0.25) is 15.9 Å². The smallest absolute Gasteiger partial charge is 0.410 e. The van der Waals surface area contributed by atoms with Crippen LogP contribution in [0.3, 0.4) is 0 Å². The lowest BCUT2D eigenvalue weighted by Gasteiger charge is -2.28. The first-order valence-corrected chi connectivity index (χ1v) is 14.0. The van der Waals surface area contributed by atoms with Crippen molar-refractivity contribution < 1.29 is 27.5 Å². The van der Waals surface area contributed by atoms with Gasteiger partial charge in [0.05, 0.1) is 12.6 Å². The molecule has 0 spiro atoms. The maximum atomic E-state index is 13.5. The number of nitrogens with zero attached hydrogens (tertiary/aromatic N) is 3. The Bertz CT molecular complexity index is 1480. The molecular formula is C27H28N4O6S. The molecule has 0 bridgehead atoms. The molecule has 2 aliphatic rings. The summed E-state index contributed by atoms with van der Waals surface area (Å²) in [6.07, 6.45) is 3.20. The molecule has 198 valence electrons. The molecule has 0 aliphatic carbocycles. The second-order valence-electron chi connectivity index (χ2n) is 9.42. The maximum Gasteiger partial charge on any atom is 0.413 e. The van der Waals surface area contributed by atoms with Crippen molar-refractivity contribution in [1.82, 2.24) is 19.5 Å². The summed E-state index contributed by atoms with van der Waals surface area (Å²) >= 11 is 0. The molecule has 3 heterocycles. The number of aromatic nitrogens is 1. The summed E-state index contributed by atoms with van der Waals surface area (Å²) in [4.78, 5) is 44.5. The van der Waals surface area contributed by atoms with Gasteiger partial charge >= 0.3 is 6.09 Å². The van der Waals surface area contributed by atoms with Gasteiger partial charge in [-0.15, -0.1) is 0 Å². The Labute approximate surface area is 220 Å². The Hall–Kier alpha value is -3.83. The number of benzene rings is 2. The van der Waals surface area contributed by atoms with Gasteiger partial charge in [0.15, 0.2) is 5.78 Å². The van der Waals surface area contributed by atoms with Crippen LogP contribution in [0.1, 0.15) is 26.2 Å². The molecule has 10 nitrogen and oxygen atoms in total. The third-order valence-corrected chi connectivity index (χ3v) is 8.86. The van der Waals surface area contributed by atoms with Gasteiger partial charge in [0.1, 0.15) is 22.7 Å². The average molecular weight is 537 g/mol. The number of ketones is 1. The molecule has 38 heavy (non-hydrogen) atoms. The van der Waals surface area contributed by atoms with Crippen molar-refractivity contribution in [3.05, 3.63) is 67.0 Å². The fraction of sp³-hybridized carbons (Fsp3) is 0.333. The molecule has 3 unspecified atom stereocenters. The minimum absolute atomic E-state index is 0.000175. The number of sulfonamides is 1. The number of fused-ring (bicyclic) bond motifs is 2. The van der Waals surface area contributed by atoms with E-state index in [1.165, 1.54) is 33.7 Å². The van der Waals surface area contributed by atoms with Crippen molar-refractivity contribution in [3.8, 4) is 5.75 Å². The second-order valence-corrected chi connectivity index (χ2v) is 11.3. The summed E-state index contributed by atoms with van der Waals surface area (Å²) in [7, 11) is -3.95. The molecule has 0 saturated carbocycles. The van der Waals surface area contributed by atoms with Crippen LogP contribution in [0.25, 0.3) is 10.8 Å². The summed E-state index contributed by atoms with van der Waals surface area (Å²) in [5.74, 6) is -0.432. The van der Waals surface area contributed by atoms with E-state index in [0.29, 0.717) is 25.0 Å². The zero-order valence-corrected chi connectivity index (χ0v) is 21.6. The molecule has 3 atom stereocenters. The predicted molar refractivity (Wildman–Crippen MR) is 139 cm³/mol. The number of carbonyl (C=O) groups excluding carboxylic acids is 3. The molecule has 5 rings (SSSR count). The fourth-order valence-electron chi connectivity index (χ4n) is 5.23. The van der Waals surface area contributed by atoms with E-state index in [9.17, 15) is 22.8 Å². The molecule has 3 aromatic rings. The van der Waals surface area contributed by atoms with Crippen LogP contribution in [0.2, 0.25) is 0 Å². The van der Waals surface area contributed by atoms with Crippen molar-refractivity contribution >= 4 is 38.6 Å². The van der Waals surface area contributed by atoms with Crippen LogP contribution in [0.15, 0.2) is 71.9 Å². The molecule has 0 radical (unpaired) electrons. The first-order chi connectivity index (χ1) is 18.3. The molecular weight excluding hydrogens is 508 g/mol. The van der Waals surface area contributed by atoms with Crippen LogP contribution < -0.4 is 10.1 Å². The van der Waals surface area contributed by atoms with E-state index >= 15 is 0 Å². The SMILES string of the molecule is CCCC(NC(=O)Oc1ccc2ccccc2c1)C(=O)N1CCC2C1C(=O)CN2S(=O)(=O)c1cccnc1. The Morgan fingerprint density at radius 3 is 2.66 bits per heavy atom. The standard InChI is InChI=1S/C27H28N4O6S/c1-2-6-22(29-27(34)37-20-11-10-18-7-3-4-8-19(18)15-20)26(33)30-14-12-23-25(30)24(32)17-31(23)38(35,36)21-9-5-13-28-16-21/h3-5,7-11,13,15-16,22-23,25H,2,6,12,14,17H2,1H3,(H,29,34). The van der Waals surface area contributed by atoms with Gasteiger partial charge in [-0.1, -0.05) is 43.7 Å². The van der Waals surface area contributed by atoms with Crippen LogP contribution in [0, 0.1) is 0 Å². The lowest BCUT2D eigenvalue weighted by Crippen LogP contribution is -2.53. The fourth-order valence-corrected chi connectivity index (χ4v) is 6.82. The number of rotatable bonds is 7. The topological polar surface area (TPSA) is 126 Å². The summed E-state index contributed by atoms with van der Waals surface area (Å²) < 4.78 is 33.0. The van der Waals surface area contributed by atoms with E-state index in [4.69, 9.17) is 4.74 Å². The van der Waals surface area contributed by atoms with Crippen LogP contribution in [0.5, 0.6) is 5.75 Å². The molecule has 2 fully saturated rings. The first kappa shape index (κ1) is 25.8. The number of nitrogens with one attached hydrogen (secondary N) is 1. The van der Waals surface area contributed by atoms with Gasteiger partial charge < -0.3 is 15.0 Å². The Kier molecular flexibility index (Phi) is 7.13. The number of ether oxygens (including phenoxy) is 1. The van der Waals surface area contributed by atoms with Crippen molar-refractivity contribution in [2.45, 2.75) is 49.2 Å². The molecule has 2 amide bonds. The van der Waals surface area contributed by atoms with E-state index in [0.717, 1.165) is 10.8 Å². The highest BCUT2D eigenvalue weighted by Gasteiger charge is 2.54.